The number of phenols is 1. The first-order valence-corrected chi connectivity index (χ1v) is 5.32. The highest BCUT2D eigenvalue weighted by Crippen LogP contribution is 2.19. The van der Waals surface area contributed by atoms with Crippen LogP contribution in [-0.4, -0.2) is 20.8 Å². The van der Waals surface area contributed by atoms with Crippen LogP contribution in [0.3, 0.4) is 0 Å². The molecule has 0 spiro atoms. The van der Waals surface area contributed by atoms with E-state index in [1.807, 2.05) is 0 Å². The van der Waals surface area contributed by atoms with Crippen LogP contribution in [0.1, 0.15) is 16.1 Å². The average Bonchev–Trinajstić information content (AvgIpc) is 2.72. The van der Waals surface area contributed by atoms with Crippen molar-refractivity contribution >= 4 is 5.91 Å². The smallest absolute Gasteiger partial charge is 0.258 e. The molecule has 2 aromatic rings. The molecule has 94 valence electrons. The molecule has 1 amide bonds. The number of halogens is 1. The van der Waals surface area contributed by atoms with Gasteiger partial charge in [-0.3, -0.25) is 9.48 Å². The van der Waals surface area contributed by atoms with Gasteiger partial charge < -0.3 is 10.4 Å². The van der Waals surface area contributed by atoms with E-state index in [1.165, 1.54) is 12.1 Å². The van der Waals surface area contributed by atoms with Crippen LogP contribution in [-0.2, 0) is 13.6 Å². The maximum atomic E-state index is 13.4. The molecule has 0 atom stereocenters. The summed E-state index contributed by atoms with van der Waals surface area (Å²) in [4.78, 5) is 11.8. The molecule has 0 saturated heterocycles. The molecule has 0 aliphatic carbocycles. The molecule has 0 fully saturated rings. The van der Waals surface area contributed by atoms with Gasteiger partial charge in [0.2, 0.25) is 0 Å². The summed E-state index contributed by atoms with van der Waals surface area (Å²) in [6, 6.07) is 5.46. The largest absolute Gasteiger partial charge is 0.507 e. The van der Waals surface area contributed by atoms with Gasteiger partial charge in [0.25, 0.3) is 5.91 Å². The Hall–Kier alpha value is -2.37. The maximum Gasteiger partial charge on any atom is 0.258 e. The molecule has 6 heteroatoms. The fraction of sp³-hybridized carbons (Fsp3) is 0.167. The van der Waals surface area contributed by atoms with Gasteiger partial charge in [-0.1, -0.05) is 6.07 Å². The number of hydrogen-bond donors (Lipinski definition) is 2. The minimum atomic E-state index is -0.752. The summed E-state index contributed by atoms with van der Waals surface area (Å²) in [5, 5.41) is 15.9. The van der Waals surface area contributed by atoms with Gasteiger partial charge in [0.1, 0.15) is 17.1 Å². The lowest BCUT2D eigenvalue weighted by atomic mass is 10.1. The molecule has 0 aliphatic rings. The summed E-state index contributed by atoms with van der Waals surface area (Å²) >= 11 is 0. The number of aryl methyl sites for hydroxylation is 1. The zero-order valence-corrected chi connectivity index (χ0v) is 9.72. The van der Waals surface area contributed by atoms with E-state index in [4.69, 9.17) is 0 Å². The van der Waals surface area contributed by atoms with Crippen molar-refractivity contribution in [2.45, 2.75) is 6.54 Å². The second-order valence-corrected chi connectivity index (χ2v) is 3.76. The first kappa shape index (κ1) is 12.1. The van der Waals surface area contributed by atoms with Crippen molar-refractivity contribution in [2.75, 3.05) is 0 Å². The third-order valence-corrected chi connectivity index (χ3v) is 2.57. The topological polar surface area (TPSA) is 67.2 Å². The Bertz CT molecular complexity index is 560. The lowest BCUT2D eigenvalue weighted by Crippen LogP contribution is -2.25. The average molecular weight is 249 g/mol. The van der Waals surface area contributed by atoms with E-state index < -0.39 is 11.7 Å². The van der Waals surface area contributed by atoms with Gasteiger partial charge >= 0.3 is 0 Å². The number of nitrogens with zero attached hydrogens (tertiary/aromatic N) is 2. The molecule has 1 aromatic carbocycles. The number of carbonyl (C=O) groups is 1. The zero-order chi connectivity index (χ0) is 13.1. The van der Waals surface area contributed by atoms with E-state index in [0.29, 0.717) is 0 Å². The molecule has 18 heavy (non-hydrogen) atoms. The number of nitrogens with one attached hydrogen (secondary N) is 1. The predicted molar refractivity (Wildman–Crippen MR) is 62.4 cm³/mol. The van der Waals surface area contributed by atoms with Crippen LogP contribution in [0.25, 0.3) is 0 Å². The monoisotopic (exact) mass is 249 g/mol. The molecule has 2 N–H and O–H groups in total. The highest BCUT2D eigenvalue weighted by Gasteiger charge is 2.16. The van der Waals surface area contributed by atoms with Gasteiger partial charge in [-0.15, -0.1) is 0 Å². The standard InChI is InChI=1S/C12H12FN3O2/c1-16-8(5-6-15-16)7-14-12(18)11-9(13)3-2-4-10(11)17/h2-6,17H,7H2,1H3,(H,14,18). The molecule has 5 nitrogen and oxygen atoms in total. The minimum absolute atomic E-state index is 0.211. The maximum absolute atomic E-state index is 13.4. The second kappa shape index (κ2) is 4.87. The van der Waals surface area contributed by atoms with Crippen molar-refractivity contribution in [3.05, 3.63) is 47.5 Å². The third kappa shape index (κ3) is 2.32. The van der Waals surface area contributed by atoms with Crippen LogP contribution in [0.2, 0.25) is 0 Å². The number of phenolic OH excluding ortho intramolecular Hbond substituents is 1. The number of aromatic hydroxyl groups is 1. The zero-order valence-electron chi connectivity index (χ0n) is 9.72. The molecule has 1 aromatic heterocycles. The van der Waals surface area contributed by atoms with Crippen molar-refractivity contribution in [2.24, 2.45) is 7.05 Å². The van der Waals surface area contributed by atoms with Crippen LogP contribution >= 0.6 is 0 Å². The highest BCUT2D eigenvalue weighted by atomic mass is 19.1. The first-order valence-electron chi connectivity index (χ1n) is 5.32. The van der Waals surface area contributed by atoms with E-state index in [-0.39, 0.29) is 17.9 Å². The number of carbonyl (C=O) groups excluding carboxylic acids is 1. The second-order valence-electron chi connectivity index (χ2n) is 3.76. The first-order chi connectivity index (χ1) is 8.59. The van der Waals surface area contributed by atoms with E-state index in [1.54, 1.807) is 24.0 Å². The van der Waals surface area contributed by atoms with Gasteiger partial charge in [0, 0.05) is 13.2 Å². The van der Waals surface area contributed by atoms with Crippen molar-refractivity contribution in [3.63, 3.8) is 0 Å². The summed E-state index contributed by atoms with van der Waals surface area (Å²) < 4.78 is 15.0. The summed E-state index contributed by atoms with van der Waals surface area (Å²) in [5.74, 6) is -1.79. The molecule has 0 saturated carbocycles. The minimum Gasteiger partial charge on any atom is -0.507 e. The molecule has 0 radical (unpaired) electrons. The SMILES string of the molecule is Cn1nccc1CNC(=O)c1c(O)cccc1F. The number of benzene rings is 1. The summed E-state index contributed by atoms with van der Waals surface area (Å²) in [5.41, 5.74) is 0.429. The van der Waals surface area contributed by atoms with Crippen molar-refractivity contribution in [1.29, 1.82) is 0 Å². The Morgan fingerprint density at radius 1 is 1.50 bits per heavy atom. The van der Waals surface area contributed by atoms with Crippen molar-refractivity contribution in [3.8, 4) is 5.75 Å². The summed E-state index contributed by atoms with van der Waals surface area (Å²) in [7, 11) is 1.74. The predicted octanol–water partition coefficient (Wildman–Crippen LogP) is 1.19. The lowest BCUT2D eigenvalue weighted by molar-refractivity contribution is 0.0943. The Balaban J connectivity index is 2.11. The number of rotatable bonds is 3. The van der Waals surface area contributed by atoms with Crippen molar-refractivity contribution < 1.29 is 14.3 Å². The van der Waals surface area contributed by atoms with Crippen molar-refractivity contribution in [1.82, 2.24) is 15.1 Å². The molecule has 0 aliphatic heterocycles. The van der Waals surface area contributed by atoms with E-state index in [2.05, 4.69) is 10.4 Å². The molecular weight excluding hydrogens is 237 g/mol. The van der Waals surface area contributed by atoms with Gasteiger partial charge in [0.15, 0.2) is 0 Å². The van der Waals surface area contributed by atoms with E-state index >= 15 is 0 Å². The quantitative estimate of drug-likeness (QED) is 0.858. The lowest BCUT2D eigenvalue weighted by Gasteiger charge is -2.07. The normalized spacial score (nSPS) is 10.3. The molecule has 2 rings (SSSR count). The number of hydrogen-bond acceptors (Lipinski definition) is 3. The summed E-state index contributed by atoms with van der Waals surface area (Å²) in [6.45, 7) is 0.211. The Morgan fingerprint density at radius 2 is 2.28 bits per heavy atom. The van der Waals surface area contributed by atoms with E-state index in [0.717, 1.165) is 11.8 Å². The van der Waals surface area contributed by atoms with Gasteiger partial charge in [-0.2, -0.15) is 5.10 Å². The Morgan fingerprint density at radius 3 is 2.89 bits per heavy atom. The number of aromatic nitrogens is 2. The molecule has 1 heterocycles. The molecular formula is C12H12FN3O2. The van der Waals surface area contributed by atoms with E-state index in [9.17, 15) is 14.3 Å². The van der Waals surface area contributed by atoms with Gasteiger partial charge in [0.05, 0.1) is 12.2 Å². The van der Waals surface area contributed by atoms with Crippen LogP contribution in [0, 0.1) is 5.82 Å². The summed E-state index contributed by atoms with van der Waals surface area (Å²) in [6.07, 6.45) is 1.60. The molecule has 0 bridgehead atoms. The fourth-order valence-electron chi connectivity index (χ4n) is 1.57. The van der Waals surface area contributed by atoms with Gasteiger partial charge in [-0.25, -0.2) is 4.39 Å². The molecule has 0 unspecified atom stereocenters. The Labute approximate surface area is 103 Å². The Kier molecular flexibility index (Phi) is 3.27. The highest BCUT2D eigenvalue weighted by molar-refractivity contribution is 5.96. The van der Waals surface area contributed by atoms with Crippen LogP contribution in [0.5, 0.6) is 5.75 Å². The van der Waals surface area contributed by atoms with Crippen LogP contribution in [0.15, 0.2) is 30.5 Å². The third-order valence-electron chi connectivity index (χ3n) is 2.57. The van der Waals surface area contributed by atoms with Gasteiger partial charge in [-0.05, 0) is 18.2 Å². The van der Waals surface area contributed by atoms with Crippen LogP contribution in [0.4, 0.5) is 4.39 Å². The van der Waals surface area contributed by atoms with Crippen LogP contribution < -0.4 is 5.32 Å². The number of amides is 1. The fourth-order valence-corrected chi connectivity index (χ4v) is 1.57.